The fourth-order valence-corrected chi connectivity index (χ4v) is 3.37. The fourth-order valence-electron chi connectivity index (χ4n) is 3.37. The van der Waals surface area contributed by atoms with Crippen LogP contribution in [0.25, 0.3) is 0 Å². The highest BCUT2D eigenvalue weighted by Gasteiger charge is 2.93. The van der Waals surface area contributed by atoms with Crippen molar-refractivity contribution in [2.75, 3.05) is 6.54 Å². The van der Waals surface area contributed by atoms with Crippen molar-refractivity contribution in [3.8, 4) is 0 Å². The Bertz CT molecular complexity index is 147. The van der Waals surface area contributed by atoms with E-state index in [1.54, 1.807) is 6.42 Å². The molecule has 4 aliphatic heterocycles. The second-order valence-electron chi connectivity index (χ2n) is 3.66. The van der Waals surface area contributed by atoms with Crippen molar-refractivity contribution in [3.63, 3.8) is 0 Å². The van der Waals surface area contributed by atoms with E-state index in [4.69, 9.17) is 0 Å². The largest absolute Gasteiger partial charge is 0.295 e. The van der Waals surface area contributed by atoms with Crippen LogP contribution in [0.5, 0.6) is 0 Å². The molecule has 1 spiro atoms. The molecule has 50 valence electrons. The van der Waals surface area contributed by atoms with E-state index in [9.17, 15) is 0 Å². The van der Waals surface area contributed by atoms with Crippen molar-refractivity contribution in [2.45, 2.75) is 32.4 Å². The lowest BCUT2D eigenvalue weighted by molar-refractivity contribution is -0.501. The van der Waals surface area contributed by atoms with Crippen molar-refractivity contribution in [1.29, 1.82) is 0 Å². The van der Waals surface area contributed by atoms with Crippen molar-refractivity contribution >= 4 is 0 Å². The van der Waals surface area contributed by atoms with Gasteiger partial charge in [-0.15, -0.1) is 0 Å². The SMILES string of the molecule is C1C2C3N4CC13C24.CC. The molecule has 7 aliphatic rings. The van der Waals surface area contributed by atoms with E-state index >= 15 is 0 Å². The minimum Gasteiger partial charge on any atom is -0.295 e. The quantitative estimate of drug-likeness (QED) is 0.466. The predicted molar refractivity (Wildman–Crippen MR) is 36.2 cm³/mol. The highest BCUT2D eigenvalue weighted by atomic mass is 15.5. The Hall–Kier alpha value is -0.0400. The molecular weight excluding hydrogens is 110 g/mol. The minimum absolute atomic E-state index is 0.991. The number of nitrogens with zero attached hydrogens (tertiary/aromatic N) is 1. The van der Waals surface area contributed by atoms with Crippen LogP contribution in [0.4, 0.5) is 0 Å². The molecule has 2 atom stereocenters. The first-order valence-corrected chi connectivity index (χ1v) is 4.19. The van der Waals surface area contributed by atoms with Crippen LogP contribution in [0, 0.1) is 11.3 Å². The first-order chi connectivity index (χ1) is 4.43. The van der Waals surface area contributed by atoms with Crippen LogP contribution >= 0.6 is 0 Å². The standard InChI is InChI=1S/C6H7N.C2H6/c1-3-4-6(1)2-7(4)5(3)6;1-2/h3-5H,1-2H2;1-2H3. The third-order valence-corrected chi connectivity index (χ3v) is 3.80. The highest BCUT2D eigenvalue weighted by molar-refractivity contribution is 5.46. The average Bonchev–Trinajstić information content (AvgIpc) is 1.83. The van der Waals surface area contributed by atoms with Gasteiger partial charge in [0.05, 0.1) is 0 Å². The lowest BCUT2D eigenvalue weighted by Gasteiger charge is -3.00. The van der Waals surface area contributed by atoms with Crippen molar-refractivity contribution < 1.29 is 0 Å². The summed E-state index contributed by atoms with van der Waals surface area (Å²) in [5, 5.41) is 0. The van der Waals surface area contributed by atoms with Gasteiger partial charge >= 0.3 is 0 Å². The molecule has 7 rings (SSSR count). The average molecular weight is 123 g/mol. The molecule has 0 radical (unpaired) electrons. The van der Waals surface area contributed by atoms with Crippen LogP contribution in [-0.4, -0.2) is 23.5 Å². The summed E-state index contributed by atoms with van der Waals surface area (Å²) in [5.74, 6) is 1.22. The highest BCUT2D eigenvalue weighted by Crippen LogP contribution is 2.86. The van der Waals surface area contributed by atoms with E-state index in [-0.39, 0.29) is 0 Å². The molecule has 0 aromatic carbocycles. The van der Waals surface area contributed by atoms with E-state index in [1.165, 1.54) is 12.5 Å². The maximum absolute atomic E-state index is 2.65. The van der Waals surface area contributed by atoms with Gasteiger partial charge in [0, 0.05) is 24.0 Å². The molecule has 3 aliphatic carbocycles. The Balaban J connectivity index is 0.000000141. The van der Waals surface area contributed by atoms with Gasteiger partial charge in [0.1, 0.15) is 0 Å². The molecule has 3 saturated carbocycles. The first kappa shape index (κ1) is 4.73. The second-order valence-corrected chi connectivity index (χ2v) is 3.66. The zero-order valence-corrected chi connectivity index (χ0v) is 6.09. The van der Waals surface area contributed by atoms with Crippen LogP contribution in [0.3, 0.4) is 0 Å². The van der Waals surface area contributed by atoms with Gasteiger partial charge in [-0.3, -0.25) is 4.90 Å². The normalized spacial score (nSPS) is 75.3. The van der Waals surface area contributed by atoms with Crippen molar-refractivity contribution in [1.82, 2.24) is 4.90 Å². The molecule has 1 nitrogen and oxygen atoms in total. The summed E-state index contributed by atoms with van der Waals surface area (Å²) in [6.07, 6.45) is 1.61. The Morgan fingerprint density at radius 2 is 1.89 bits per heavy atom. The number of piperidine rings is 4. The van der Waals surface area contributed by atoms with Gasteiger partial charge in [-0.2, -0.15) is 0 Å². The molecular formula is C8H13N. The Morgan fingerprint density at radius 3 is 1.89 bits per heavy atom. The Morgan fingerprint density at radius 1 is 1.33 bits per heavy atom. The van der Waals surface area contributed by atoms with Gasteiger partial charge in [-0.05, 0) is 12.3 Å². The van der Waals surface area contributed by atoms with Gasteiger partial charge in [0.15, 0.2) is 0 Å². The molecule has 7 fully saturated rings. The van der Waals surface area contributed by atoms with E-state index < -0.39 is 0 Å². The predicted octanol–water partition coefficient (Wildman–Crippen LogP) is 1.10. The number of hydrogen-bond acceptors (Lipinski definition) is 1. The molecule has 4 saturated heterocycles. The molecule has 4 heterocycles. The maximum Gasteiger partial charge on any atom is 0.0226 e. The van der Waals surface area contributed by atoms with Gasteiger partial charge < -0.3 is 0 Å². The zero-order chi connectivity index (χ0) is 6.22. The maximum atomic E-state index is 2.65. The lowest BCUT2D eigenvalue weighted by atomic mass is 9.22. The summed E-state index contributed by atoms with van der Waals surface area (Å²) >= 11 is 0. The molecule has 0 N–H and O–H groups in total. The second kappa shape index (κ2) is 0.968. The van der Waals surface area contributed by atoms with E-state index in [0.717, 1.165) is 17.5 Å². The Labute approximate surface area is 56.0 Å². The van der Waals surface area contributed by atoms with Crippen molar-refractivity contribution in [3.05, 3.63) is 0 Å². The minimum atomic E-state index is 0.991. The zero-order valence-electron chi connectivity index (χ0n) is 6.09. The van der Waals surface area contributed by atoms with E-state index in [1.807, 2.05) is 13.8 Å². The Kier molecular flexibility index (Phi) is 0.508. The van der Waals surface area contributed by atoms with Crippen LogP contribution in [-0.2, 0) is 0 Å². The van der Waals surface area contributed by atoms with Crippen LogP contribution in [0.1, 0.15) is 20.3 Å². The van der Waals surface area contributed by atoms with Crippen LogP contribution in [0.2, 0.25) is 0 Å². The van der Waals surface area contributed by atoms with Gasteiger partial charge in [0.2, 0.25) is 0 Å². The smallest absolute Gasteiger partial charge is 0.0226 e. The van der Waals surface area contributed by atoms with Gasteiger partial charge in [-0.25, -0.2) is 0 Å². The van der Waals surface area contributed by atoms with Crippen LogP contribution < -0.4 is 0 Å². The summed E-state index contributed by atoms with van der Waals surface area (Å²) in [6.45, 7) is 5.48. The third-order valence-electron chi connectivity index (χ3n) is 3.80. The number of rotatable bonds is 0. The molecule has 9 heavy (non-hydrogen) atoms. The fraction of sp³-hybridized carbons (Fsp3) is 1.00. The molecule has 5 bridgehead atoms. The molecule has 1 heteroatoms. The van der Waals surface area contributed by atoms with Gasteiger partial charge in [0.25, 0.3) is 0 Å². The van der Waals surface area contributed by atoms with Gasteiger partial charge in [-0.1, -0.05) is 13.8 Å². The molecule has 0 aromatic heterocycles. The molecule has 2 unspecified atom stereocenters. The summed E-state index contributed by atoms with van der Waals surface area (Å²) < 4.78 is 0. The molecule has 0 aromatic rings. The van der Waals surface area contributed by atoms with Crippen LogP contribution in [0.15, 0.2) is 0 Å². The summed E-state index contributed by atoms with van der Waals surface area (Å²) in [4.78, 5) is 2.65. The summed E-state index contributed by atoms with van der Waals surface area (Å²) in [7, 11) is 0. The summed E-state index contributed by atoms with van der Waals surface area (Å²) in [6, 6.07) is 2.30. The van der Waals surface area contributed by atoms with Crippen molar-refractivity contribution in [2.24, 2.45) is 11.3 Å². The van der Waals surface area contributed by atoms with E-state index in [2.05, 4.69) is 4.90 Å². The van der Waals surface area contributed by atoms with E-state index in [0.29, 0.717) is 0 Å². The molecule has 0 amide bonds. The first-order valence-electron chi connectivity index (χ1n) is 4.19. The third kappa shape index (κ3) is 0.196. The number of hydrogen-bond donors (Lipinski definition) is 0. The topological polar surface area (TPSA) is 3.24 Å². The monoisotopic (exact) mass is 123 g/mol. The lowest BCUT2D eigenvalue weighted by Crippen LogP contribution is -3.09. The summed E-state index contributed by atoms with van der Waals surface area (Å²) in [5.41, 5.74) is 0.991.